The molecule has 2 rings (SSSR count). The maximum atomic E-state index is 5.65. The molecule has 0 atom stereocenters. The molecule has 13 heavy (non-hydrogen) atoms. The summed E-state index contributed by atoms with van der Waals surface area (Å²) in [5.74, 6) is 0.572. The van der Waals surface area contributed by atoms with Gasteiger partial charge in [-0.15, -0.1) is 0 Å². The van der Waals surface area contributed by atoms with Crippen molar-refractivity contribution in [2.45, 2.75) is 6.92 Å². The molecule has 0 saturated carbocycles. The fourth-order valence-electron chi connectivity index (χ4n) is 1.43. The number of anilines is 1. The molecular formula is C10H9BrN2. The van der Waals surface area contributed by atoms with Gasteiger partial charge in [0, 0.05) is 15.6 Å². The SMILES string of the molecule is Cc1nc(N)cc2cc(Br)ccc12. The summed E-state index contributed by atoms with van der Waals surface area (Å²) in [6.45, 7) is 1.96. The summed E-state index contributed by atoms with van der Waals surface area (Å²) in [6.07, 6.45) is 0. The zero-order valence-electron chi connectivity index (χ0n) is 7.21. The second kappa shape index (κ2) is 3.00. The van der Waals surface area contributed by atoms with Crippen molar-refractivity contribution in [2.75, 3.05) is 5.73 Å². The summed E-state index contributed by atoms with van der Waals surface area (Å²) in [5, 5.41) is 2.27. The first kappa shape index (κ1) is 8.51. The average molecular weight is 237 g/mol. The summed E-state index contributed by atoms with van der Waals surface area (Å²) in [7, 11) is 0. The van der Waals surface area contributed by atoms with E-state index in [0.717, 1.165) is 20.9 Å². The summed E-state index contributed by atoms with van der Waals surface area (Å²) in [6, 6.07) is 7.97. The predicted octanol–water partition coefficient (Wildman–Crippen LogP) is 2.89. The lowest BCUT2D eigenvalue weighted by Gasteiger charge is -2.03. The summed E-state index contributed by atoms with van der Waals surface area (Å²) in [4.78, 5) is 4.19. The molecule has 3 heteroatoms. The van der Waals surface area contributed by atoms with Crippen molar-refractivity contribution < 1.29 is 0 Å². The Balaban J connectivity index is 2.86. The van der Waals surface area contributed by atoms with E-state index < -0.39 is 0 Å². The third kappa shape index (κ3) is 1.52. The van der Waals surface area contributed by atoms with Crippen LogP contribution >= 0.6 is 15.9 Å². The Morgan fingerprint density at radius 3 is 2.85 bits per heavy atom. The number of halogens is 1. The molecule has 0 amide bonds. The van der Waals surface area contributed by atoms with Gasteiger partial charge in [-0.3, -0.25) is 0 Å². The van der Waals surface area contributed by atoms with E-state index in [1.54, 1.807) is 0 Å². The van der Waals surface area contributed by atoms with Gasteiger partial charge in [0.05, 0.1) is 0 Å². The Hall–Kier alpha value is -1.09. The molecule has 66 valence electrons. The standard InChI is InChI=1S/C10H9BrN2/c1-6-9-3-2-8(11)4-7(9)5-10(12)13-6/h2-5H,1H3,(H2,12,13). The van der Waals surface area contributed by atoms with Gasteiger partial charge in [0.1, 0.15) is 5.82 Å². The monoisotopic (exact) mass is 236 g/mol. The number of nitrogen functional groups attached to an aromatic ring is 1. The minimum atomic E-state index is 0.572. The largest absolute Gasteiger partial charge is 0.384 e. The second-order valence-electron chi connectivity index (χ2n) is 3.00. The van der Waals surface area contributed by atoms with Crippen LogP contribution < -0.4 is 5.73 Å². The van der Waals surface area contributed by atoms with Crippen LogP contribution in [-0.4, -0.2) is 4.98 Å². The van der Waals surface area contributed by atoms with E-state index in [1.807, 2.05) is 31.2 Å². The molecule has 0 bridgehead atoms. The Morgan fingerprint density at radius 1 is 1.31 bits per heavy atom. The van der Waals surface area contributed by atoms with Crippen molar-refractivity contribution in [3.05, 3.63) is 34.4 Å². The van der Waals surface area contributed by atoms with Crippen molar-refractivity contribution in [3.63, 3.8) is 0 Å². The van der Waals surface area contributed by atoms with Crippen LogP contribution in [0.5, 0.6) is 0 Å². The number of nitrogens with two attached hydrogens (primary N) is 1. The number of fused-ring (bicyclic) bond motifs is 1. The van der Waals surface area contributed by atoms with E-state index in [1.165, 1.54) is 0 Å². The minimum Gasteiger partial charge on any atom is -0.384 e. The quantitative estimate of drug-likeness (QED) is 0.765. The number of rotatable bonds is 0. The van der Waals surface area contributed by atoms with E-state index in [2.05, 4.69) is 20.9 Å². The zero-order valence-corrected chi connectivity index (χ0v) is 8.80. The van der Waals surface area contributed by atoms with Crippen LogP contribution in [0.3, 0.4) is 0 Å². The summed E-state index contributed by atoms with van der Waals surface area (Å²) >= 11 is 3.42. The molecule has 0 aliphatic rings. The normalized spacial score (nSPS) is 10.6. The fourth-order valence-corrected chi connectivity index (χ4v) is 1.81. The Labute approximate surface area is 84.9 Å². The average Bonchev–Trinajstić information content (AvgIpc) is 2.02. The van der Waals surface area contributed by atoms with Crippen LogP contribution in [0.4, 0.5) is 5.82 Å². The van der Waals surface area contributed by atoms with Gasteiger partial charge < -0.3 is 5.73 Å². The molecular weight excluding hydrogens is 228 g/mol. The molecule has 0 fully saturated rings. The smallest absolute Gasteiger partial charge is 0.124 e. The molecule has 0 saturated heterocycles. The third-order valence-electron chi connectivity index (χ3n) is 2.00. The highest BCUT2D eigenvalue weighted by Gasteiger charge is 2.00. The topological polar surface area (TPSA) is 38.9 Å². The predicted molar refractivity (Wildman–Crippen MR) is 58.6 cm³/mol. The lowest BCUT2D eigenvalue weighted by Crippen LogP contribution is -1.92. The van der Waals surface area contributed by atoms with E-state index >= 15 is 0 Å². The van der Waals surface area contributed by atoms with E-state index in [-0.39, 0.29) is 0 Å². The lowest BCUT2D eigenvalue weighted by molar-refractivity contribution is 1.24. The highest BCUT2D eigenvalue weighted by Crippen LogP contribution is 2.22. The highest BCUT2D eigenvalue weighted by molar-refractivity contribution is 9.10. The van der Waals surface area contributed by atoms with Gasteiger partial charge in [-0.25, -0.2) is 4.98 Å². The molecule has 0 aliphatic carbocycles. The van der Waals surface area contributed by atoms with Gasteiger partial charge >= 0.3 is 0 Å². The van der Waals surface area contributed by atoms with Gasteiger partial charge in [-0.1, -0.05) is 22.0 Å². The number of pyridine rings is 1. The first-order valence-corrected chi connectivity index (χ1v) is 4.78. The van der Waals surface area contributed by atoms with Gasteiger partial charge in [0.15, 0.2) is 0 Å². The van der Waals surface area contributed by atoms with Crippen LogP contribution in [0.2, 0.25) is 0 Å². The molecule has 1 heterocycles. The minimum absolute atomic E-state index is 0.572. The van der Waals surface area contributed by atoms with Gasteiger partial charge in [-0.05, 0) is 30.5 Å². The fraction of sp³-hybridized carbons (Fsp3) is 0.100. The Bertz CT molecular complexity index is 460. The lowest BCUT2D eigenvalue weighted by atomic mass is 10.1. The Kier molecular flexibility index (Phi) is 1.96. The third-order valence-corrected chi connectivity index (χ3v) is 2.50. The van der Waals surface area contributed by atoms with Gasteiger partial charge in [0.2, 0.25) is 0 Å². The molecule has 2 aromatic rings. The van der Waals surface area contributed by atoms with E-state index in [4.69, 9.17) is 5.73 Å². The summed E-state index contributed by atoms with van der Waals surface area (Å²) in [5.41, 5.74) is 6.62. The van der Waals surface area contributed by atoms with Crippen LogP contribution in [0.15, 0.2) is 28.7 Å². The molecule has 1 aromatic heterocycles. The highest BCUT2D eigenvalue weighted by atomic mass is 79.9. The number of hydrogen-bond acceptors (Lipinski definition) is 2. The number of benzene rings is 1. The molecule has 0 radical (unpaired) electrons. The number of aromatic nitrogens is 1. The molecule has 1 aromatic carbocycles. The maximum Gasteiger partial charge on any atom is 0.124 e. The first-order valence-electron chi connectivity index (χ1n) is 3.99. The molecule has 2 nitrogen and oxygen atoms in total. The van der Waals surface area contributed by atoms with Gasteiger partial charge in [0.25, 0.3) is 0 Å². The van der Waals surface area contributed by atoms with Crippen molar-refractivity contribution in [3.8, 4) is 0 Å². The van der Waals surface area contributed by atoms with Crippen LogP contribution in [0.25, 0.3) is 10.8 Å². The van der Waals surface area contributed by atoms with Crippen LogP contribution in [0, 0.1) is 6.92 Å². The van der Waals surface area contributed by atoms with E-state index in [9.17, 15) is 0 Å². The van der Waals surface area contributed by atoms with E-state index in [0.29, 0.717) is 5.82 Å². The number of aryl methyl sites for hydroxylation is 1. The number of hydrogen-bond donors (Lipinski definition) is 1. The summed E-state index contributed by atoms with van der Waals surface area (Å²) < 4.78 is 1.06. The molecule has 0 aliphatic heterocycles. The number of nitrogens with zero attached hydrogens (tertiary/aromatic N) is 1. The second-order valence-corrected chi connectivity index (χ2v) is 3.91. The van der Waals surface area contributed by atoms with Gasteiger partial charge in [-0.2, -0.15) is 0 Å². The first-order chi connectivity index (χ1) is 6.16. The Morgan fingerprint density at radius 2 is 2.08 bits per heavy atom. The van der Waals surface area contributed by atoms with Crippen molar-refractivity contribution in [2.24, 2.45) is 0 Å². The molecule has 0 spiro atoms. The van der Waals surface area contributed by atoms with Crippen LogP contribution in [0.1, 0.15) is 5.69 Å². The maximum absolute atomic E-state index is 5.65. The molecule has 0 unspecified atom stereocenters. The molecule has 2 N–H and O–H groups in total. The van der Waals surface area contributed by atoms with Crippen molar-refractivity contribution in [1.29, 1.82) is 0 Å². The van der Waals surface area contributed by atoms with Crippen molar-refractivity contribution in [1.82, 2.24) is 4.98 Å². The van der Waals surface area contributed by atoms with Crippen LogP contribution in [-0.2, 0) is 0 Å². The zero-order chi connectivity index (χ0) is 9.42. The van der Waals surface area contributed by atoms with Crippen molar-refractivity contribution >= 4 is 32.5 Å².